The van der Waals surface area contributed by atoms with Crippen LogP contribution in [0.4, 0.5) is 5.69 Å². The van der Waals surface area contributed by atoms with Gasteiger partial charge in [-0.2, -0.15) is 0 Å². The number of hydrogen-bond acceptors (Lipinski definition) is 3. The second-order valence-corrected chi connectivity index (χ2v) is 6.44. The van der Waals surface area contributed by atoms with Crippen LogP contribution in [0.3, 0.4) is 0 Å². The molecule has 4 heteroatoms. The molecule has 0 atom stereocenters. The maximum atomic E-state index is 13.2. The summed E-state index contributed by atoms with van der Waals surface area (Å²) < 4.78 is -0.802. The average molecular weight is 345 g/mol. The van der Waals surface area contributed by atoms with E-state index in [0.29, 0.717) is 11.1 Å². The molecule has 0 aromatic heterocycles. The molecule has 0 aliphatic heterocycles. The van der Waals surface area contributed by atoms with E-state index in [2.05, 4.69) is 0 Å². The molecule has 0 saturated heterocycles. The lowest BCUT2D eigenvalue weighted by molar-refractivity contribution is 0.100. The molecule has 0 aliphatic carbocycles. The topological polar surface area (TPSA) is 57.2 Å². The molecule has 26 heavy (non-hydrogen) atoms. The van der Waals surface area contributed by atoms with Gasteiger partial charge in [-0.25, -0.2) is 0 Å². The molecule has 0 fully saturated rings. The fourth-order valence-corrected chi connectivity index (χ4v) is 2.90. The van der Waals surface area contributed by atoms with Gasteiger partial charge in [0.05, 0.1) is 19.7 Å². The summed E-state index contributed by atoms with van der Waals surface area (Å²) in [5.41, 5.74) is 1.58. The van der Waals surface area contributed by atoms with Crippen molar-refractivity contribution < 1.29 is 9.59 Å². The minimum atomic E-state index is -0.802. The monoisotopic (exact) mass is 345 g/mol. The predicted octanol–water partition coefficient (Wildman–Crippen LogP) is 4.21. The van der Waals surface area contributed by atoms with Gasteiger partial charge >= 0.3 is 0 Å². The van der Waals surface area contributed by atoms with Crippen molar-refractivity contribution in [2.24, 2.45) is 0 Å². The molecule has 0 heterocycles. The summed E-state index contributed by atoms with van der Waals surface area (Å²) in [7, 11) is 2.88. The van der Waals surface area contributed by atoms with E-state index >= 15 is 0 Å². The fraction of sp³-hybridized carbons (Fsp3) is 0.0909. The number of quaternary nitrogens is 1. The van der Waals surface area contributed by atoms with Crippen molar-refractivity contribution >= 4 is 17.3 Å². The molecular weight excluding hydrogens is 326 g/mol. The number of carbonyl (C=O) groups excluding carboxylic acids is 2. The maximum absolute atomic E-state index is 13.2. The summed E-state index contributed by atoms with van der Waals surface area (Å²) >= 11 is 0. The lowest BCUT2D eigenvalue weighted by atomic mass is 9.91. The molecule has 3 aromatic carbocycles. The van der Waals surface area contributed by atoms with Crippen LogP contribution in [-0.4, -0.2) is 25.7 Å². The Morgan fingerprint density at radius 2 is 1.19 bits per heavy atom. The van der Waals surface area contributed by atoms with Crippen LogP contribution in [0, 0.1) is 5.21 Å². The Balaban J connectivity index is 2.23. The standard InChI is InChI=1S/C22H19NO3/c1-23(2,26)19-15-9-14-18(21(24)16-10-5-3-6-11-16)20(19)22(25)17-12-7-4-8-13-17/h3-15H,1-2H3. The van der Waals surface area contributed by atoms with Crippen molar-refractivity contribution in [3.63, 3.8) is 0 Å². The SMILES string of the molecule is C[N+](C)([O-])c1cccc(C(=O)c2ccccc2)c1C(=O)c1ccccc1. The summed E-state index contributed by atoms with van der Waals surface area (Å²) in [6, 6.07) is 22.3. The first-order valence-electron chi connectivity index (χ1n) is 8.27. The minimum absolute atomic E-state index is 0.160. The largest absolute Gasteiger partial charge is 0.628 e. The molecule has 0 radical (unpaired) electrons. The van der Waals surface area contributed by atoms with Gasteiger partial charge < -0.3 is 9.85 Å². The Morgan fingerprint density at radius 1 is 0.692 bits per heavy atom. The highest BCUT2D eigenvalue weighted by Gasteiger charge is 2.27. The summed E-state index contributed by atoms with van der Waals surface area (Å²) in [5.74, 6) is -0.609. The molecule has 0 saturated carbocycles. The van der Waals surface area contributed by atoms with Gasteiger partial charge in [0.15, 0.2) is 11.6 Å². The highest BCUT2D eigenvalue weighted by molar-refractivity contribution is 6.21. The van der Waals surface area contributed by atoms with E-state index in [-0.39, 0.29) is 28.4 Å². The van der Waals surface area contributed by atoms with Crippen LogP contribution >= 0.6 is 0 Å². The number of carbonyl (C=O) groups is 2. The second kappa shape index (κ2) is 7.04. The van der Waals surface area contributed by atoms with Crippen LogP contribution in [0.1, 0.15) is 31.8 Å². The van der Waals surface area contributed by atoms with Crippen LogP contribution in [0.2, 0.25) is 0 Å². The van der Waals surface area contributed by atoms with Crippen molar-refractivity contribution in [2.75, 3.05) is 14.1 Å². The quantitative estimate of drug-likeness (QED) is 0.395. The minimum Gasteiger partial charge on any atom is -0.628 e. The van der Waals surface area contributed by atoms with Crippen molar-refractivity contribution in [3.05, 3.63) is 106 Å². The first-order valence-corrected chi connectivity index (χ1v) is 8.27. The molecule has 0 spiro atoms. The van der Waals surface area contributed by atoms with Crippen LogP contribution in [0.15, 0.2) is 78.9 Å². The van der Waals surface area contributed by atoms with Crippen LogP contribution in [0.5, 0.6) is 0 Å². The van der Waals surface area contributed by atoms with E-state index in [9.17, 15) is 14.8 Å². The first-order chi connectivity index (χ1) is 12.4. The maximum Gasteiger partial charge on any atom is 0.199 e. The third-order valence-electron chi connectivity index (χ3n) is 4.17. The fourth-order valence-electron chi connectivity index (χ4n) is 2.90. The van der Waals surface area contributed by atoms with Crippen LogP contribution in [-0.2, 0) is 0 Å². The van der Waals surface area contributed by atoms with E-state index in [1.807, 2.05) is 12.1 Å². The van der Waals surface area contributed by atoms with E-state index in [1.165, 1.54) is 14.1 Å². The van der Waals surface area contributed by atoms with E-state index in [4.69, 9.17) is 0 Å². The Hall–Kier alpha value is -3.08. The van der Waals surface area contributed by atoms with Crippen molar-refractivity contribution in [1.82, 2.24) is 4.65 Å². The zero-order chi connectivity index (χ0) is 18.7. The summed E-state index contributed by atoms with van der Waals surface area (Å²) in [6.07, 6.45) is 0. The van der Waals surface area contributed by atoms with Gasteiger partial charge in [-0.15, -0.1) is 0 Å². The number of hydrogen-bond donors (Lipinski definition) is 0. The van der Waals surface area contributed by atoms with Gasteiger partial charge in [0.25, 0.3) is 0 Å². The molecule has 0 bridgehead atoms. The first kappa shape index (κ1) is 17.7. The third-order valence-corrected chi connectivity index (χ3v) is 4.17. The summed E-state index contributed by atoms with van der Waals surface area (Å²) in [4.78, 5) is 26.2. The molecule has 130 valence electrons. The zero-order valence-corrected chi connectivity index (χ0v) is 14.7. The van der Waals surface area contributed by atoms with Crippen LogP contribution < -0.4 is 4.65 Å². The molecular formula is C22H19NO3. The number of benzene rings is 3. The Bertz CT molecular complexity index is 942. The Morgan fingerprint density at radius 3 is 1.69 bits per heavy atom. The van der Waals surface area contributed by atoms with Gasteiger partial charge in [-0.1, -0.05) is 66.7 Å². The third kappa shape index (κ3) is 3.47. The number of hydroxylamine groups is 2. The van der Waals surface area contributed by atoms with Gasteiger partial charge in [-0.3, -0.25) is 9.59 Å². The normalized spacial score (nSPS) is 11.2. The van der Waals surface area contributed by atoms with E-state index in [0.717, 1.165) is 0 Å². The van der Waals surface area contributed by atoms with Crippen LogP contribution in [0.25, 0.3) is 0 Å². The van der Waals surface area contributed by atoms with Gasteiger partial charge in [0.1, 0.15) is 5.69 Å². The van der Waals surface area contributed by atoms with Crippen molar-refractivity contribution in [2.45, 2.75) is 0 Å². The van der Waals surface area contributed by atoms with E-state index in [1.54, 1.807) is 66.7 Å². The van der Waals surface area contributed by atoms with Gasteiger partial charge in [-0.05, 0) is 6.07 Å². The van der Waals surface area contributed by atoms with Crippen molar-refractivity contribution in [1.29, 1.82) is 0 Å². The molecule has 0 amide bonds. The Kier molecular flexibility index (Phi) is 4.80. The van der Waals surface area contributed by atoms with Gasteiger partial charge in [0, 0.05) is 22.8 Å². The molecule has 3 aromatic rings. The smallest absolute Gasteiger partial charge is 0.199 e. The average Bonchev–Trinajstić information content (AvgIpc) is 2.67. The molecule has 0 aliphatic rings. The predicted molar refractivity (Wildman–Crippen MR) is 103 cm³/mol. The summed E-state index contributed by atoms with van der Waals surface area (Å²) in [6.45, 7) is 0. The number of rotatable bonds is 5. The lowest BCUT2D eigenvalue weighted by Gasteiger charge is -2.35. The van der Waals surface area contributed by atoms with Gasteiger partial charge in [0.2, 0.25) is 0 Å². The highest BCUT2D eigenvalue weighted by atomic mass is 16.5. The number of nitrogens with zero attached hydrogens (tertiary/aromatic N) is 1. The molecule has 0 unspecified atom stereocenters. The second-order valence-electron chi connectivity index (χ2n) is 6.44. The highest BCUT2D eigenvalue weighted by Crippen LogP contribution is 2.30. The molecule has 4 nitrogen and oxygen atoms in total. The number of ketones is 2. The lowest BCUT2D eigenvalue weighted by Crippen LogP contribution is -2.35. The zero-order valence-electron chi connectivity index (χ0n) is 14.7. The Labute approximate surface area is 152 Å². The molecule has 3 rings (SSSR count). The molecule has 0 N–H and O–H groups in total. The van der Waals surface area contributed by atoms with E-state index < -0.39 is 4.65 Å². The summed E-state index contributed by atoms with van der Waals surface area (Å²) in [5, 5.41) is 12.6. The van der Waals surface area contributed by atoms with Crippen molar-refractivity contribution in [3.8, 4) is 0 Å².